The first kappa shape index (κ1) is 13.8. The second kappa shape index (κ2) is 6.50. The van der Waals surface area contributed by atoms with Crippen LogP contribution in [0.25, 0.3) is 0 Å². The molecule has 0 aromatic carbocycles. The summed E-state index contributed by atoms with van der Waals surface area (Å²) in [6.45, 7) is 1.54. The topological polar surface area (TPSA) is 75.8 Å². The second-order valence-electron chi connectivity index (χ2n) is 5.35. The van der Waals surface area contributed by atoms with Crippen LogP contribution in [0.2, 0.25) is 0 Å². The molecule has 1 aliphatic heterocycles. The third-order valence-electron chi connectivity index (χ3n) is 4.11. The Hall–Kier alpha value is -0.650. The van der Waals surface area contributed by atoms with E-state index in [0.29, 0.717) is 19.8 Å². The molecule has 1 aliphatic carbocycles. The van der Waals surface area contributed by atoms with Gasteiger partial charge in [-0.25, -0.2) is 0 Å². The van der Waals surface area contributed by atoms with Gasteiger partial charge in [0.2, 0.25) is 5.91 Å². The number of nitrogens with two attached hydrogens (primary N) is 1. The second-order valence-corrected chi connectivity index (χ2v) is 5.35. The van der Waals surface area contributed by atoms with Crippen LogP contribution in [0.5, 0.6) is 0 Å². The molecule has 0 aromatic heterocycles. The van der Waals surface area contributed by atoms with E-state index in [0.717, 1.165) is 25.7 Å². The molecule has 3 unspecified atom stereocenters. The number of nitrogens with zero attached hydrogens (tertiary/aromatic N) is 1. The summed E-state index contributed by atoms with van der Waals surface area (Å²) in [6, 6.07) is -0.219. The summed E-state index contributed by atoms with van der Waals surface area (Å²) in [5.41, 5.74) is 6.13. The van der Waals surface area contributed by atoms with Crippen molar-refractivity contribution in [3.63, 3.8) is 0 Å². The van der Waals surface area contributed by atoms with Crippen molar-refractivity contribution in [3.8, 4) is 0 Å². The van der Waals surface area contributed by atoms with Gasteiger partial charge in [-0.1, -0.05) is 19.3 Å². The van der Waals surface area contributed by atoms with E-state index in [1.807, 2.05) is 0 Å². The SMILES string of the molecule is NC1CCCCCC1C(=O)N1CCOCC1CO. The molecule has 5 heteroatoms. The van der Waals surface area contributed by atoms with Crippen LogP contribution in [0.3, 0.4) is 0 Å². The monoisotopic (exact) mass is 256 g/mol. The van der Waals surface area contributed by atoms with Crippen molar-refractivity contribution in [3.05, 3.63) is 0 Å². The molecule has 2 fully saturated rings. The number of morpholine rings is 1. The van der Waals surface area contributed by atoms with Crippen LogP contribution in [0, 0.1) is 5.92 Å². The standard InChI is InChI=1S/C13H24N2O3/c14-12-5-3-1-2-4-11(12)13(17)15-6-7-18-9-10(15)8-16/h10-12,16H,1-9,14H2. The molecule has 0 spiro atoms. The van der Waals surface area contributed by atoms with Crippen LogP contribution < -0.4 is 5.73 Å². The zero-order valence-corrected chi connectivity index (χ0v) is 10.9. The Morgan fingerprint density at radius 3 is 2.89 bits per heavy atom. The molecule has 2 aliphatic rings. The fourth-order valence-corrected chi connectivity index (χ4v) is 2.95. The predicted molar refractivity (Wildman–Crippen MR) is 68.0 cm³/mol. The molecule has 1 heterocycles. The Morgan fingerprint density at radius 2 is 2.11 bits per heavy atom. The zero-order valence-electron chi connectivity index (χ0n) is 10.9. The lowest BCUT2D eigenvalue weighted by Crippen LogP contribution is -2.54. The van der Waals surface area contributed by atoms with Gasteiger partial charge < -0.3 is 20.5 Å². The van der Waals surface area contributed by atoms with Crippen LogP contribution in [-0.2, 0) is 9.53 Å². The molecular weight excluding hydrogens is 232 g/mol. The predicted octanol–water partition coefficient (Wildman–Crippen LogP) is 0.114. The van der Waals surface area contributed by atoms with Gasteiger partial charge in [-0.05, 0) is 12.8 Å². The molecule has 5 nitrogen and oxygen atoms in total. The molecule has 18 heavy (non-hydrogen) atoms. The van der Waals surface area contributed by atoms with Crippen molar-refractivity contribution in [2.24, 2.45) is 11.7 Å². The summed E-state index contributed by atoms with van der Waals surface area (Å²) >= 11 is 0. The fraction of sp³-hybridized carbons (Fsp3) is 0.923. The minimum atomic E-state index is -0.193. The van der Waals surface area contributed by atoms with E-state index in [1.54, 1.807) is 4.90 Å². The van der Waals surface area contributed by atoms with E-state index in [1.165, 1.54) is 6.42 Å². The maximum absolute atomic E-state index is 12.6. The highest BCUT2D eigenvalue weighted by Gasteiger charge is 2.34. The van der Waals surface area contributed by atoms with E-state index in [2.05, 4.69) is 0 Å². The Morgan fingerprint density at radius 1 is 1.33 bits per heavy atom. The van der Waals surface area contributed by atoms with Gasteiger partial charge in [0.15, 0.2) is 0 Å². The molecule has 0 aromatic rings. The molecule has 0 radical (unpaired) electrons. The quantitative estimate of drug-likeness (QED) is 0.688. The number of hydrogen-bond acceptors (Lipinski definition) is 4. The lowest BCUT2D eigenvalue weighted by molar-refractivity contribution is -0.147. The highest BCUT2D eigenvalue weighted by Crippen LogP contribution is 2.25. The van der Waals surface area contributed by atoms with Gasteiger partial charge in [-0.15, -0.1) is 0 Å². The van der Waals surface area contributed by atoms with Gasteiger partial charge in [0, 0.05) is 12.6 Å². The van der Waals surface area contributed by atoms with E-state index >= 15 is 0 Å². The fourth-order valence-electron chi connectivity index (χ4n) is 2.95. The number of hydrogen-bond donors (Lipinski definition) is 2. The third-order valence-corrected chi connectivity index (χ3v) is 4.11. The summed E-state index contributed by atoms with van der Waals surface area (Å²) in [5.74, 6) is 0.0476. The highest BCUT2D eigenvalue weighted by molar-refractivity contribution is 5.80. The molecule has 2 rings (SSSR count). The van der Waals surface area contributed by atoms with Crippen molar-refractivity contribution in [2.75, 3.05) is 26.4 Å². The first-order valence-corrected chi connectivity index (χ1v) is 6.98. The molecule has 0 bridgehead atoms. The van der Waals surface area contributed by atoms with E-state index in [4.69, 9.17) is 10.5 Å². The minimum absolute atomic E-state index is 0.0258. The summed E-state index contributed by atoms with van der Waals surface area (Å²) in [7, 11) is 0. The first-order valence-electron chi connectivity index (χ1n) is 6.98. The van der Waals surface area contributed by atoms with Gasteiger partial charge >= 0.3 is 0 Å². The van der Waals surface area contributed by atoms with Gasteiger partial charge in [-0.3, -0.25) is 4.79 Å². The lowest BCUT2D eigenvalue weighted by atomic mass is 9.93. The van der Waals surface area contributed by atoms with Crippen molar-refractivity contribution in [1.82, 2.24) is 4.90 Å². The van der Waals surface area contributed by atoms with Gasteiger partial charge in [-0.2, -0.15) is 0 Å². The maximum Gasteiger partial charge on any atom is 0.227 e. The molecule has 3 atom stereocenters. The largest absolute Gasteiger partial charge is 0.394 e. The highest BCUT2D eigenvalue weighted by atomic mass is 16.5. The molecule has 1 saturated heterocycles. The van der Waals surface area contributed by atoms with Crippen LogP contribution in [0.15, 0.2) is 0 Å². The Labute approximate surface area is 108 Å². The van der Waals surface area contributed by atoms with Crippen LogP contribution in [-0.4, -0.2) is 54.4 Å². The van der Waals surface area contributed by atoms with Gasteiger partial charge in [0.25, 0.3) is 0 Å². The van der Waals surface area contributed by atoms with E-state index in [-0.39, 0.29) is 30.5 Å². The lowest BCUT2D eigenvalue weighted by Gasteiger charge is -2.37. The number of carbonyl (C=O) groups excluding carboxylic acids is 1. The Bertz CT molecular complexity index is 281. The summed E-state index contributed by atoms with van der Waals surface area (Å²) < 4.78 is 5.31. The first-order chi connectivity index (χ1) is 8.74. The number of rotatable bonds is 2. The van der Waals surface area contributed by atoms with Crippen molar-refractivity contribution in [1.29, 1.82) is 0 Å². The minimum Gasteiger partial charge on any atom is -0.394 e. The van der Waals surface area contributed by atoms with Gasteiger partial charge in [0.05, 0.1) is 31.8 Å². The van der Waals surface area contributed by atoms with Gasteiger partial charge in [0.1, 0.15) is 0 Å². The van der Waals surface area contributed by atoms with E-state index < -0.39 is 0 Å². The molecule has 3 N–H and O–H groups in total. The summed E-state index contributed by atoms with van der Waals surface area (Å²) in [4.78, 5) is 14.3. The van der Waals surface area contributed by atoms with Crippen LogP contribution >= 0.6 is 0 Å². The zero-order chi connectivity index (χ0) is 13.0. The third kappa shape index (κ3) is 3.02. The summed E-state index contributed by atoms with van der Waals surface area (Å²) in [5, 5.41) is 9.33. The number of aliphatic hydroxyl groups is 1. The smallest absolute Gasteiger partial charge is 0.227 e. The number of amides is 1. The van der Waals surface area contributed by atoms with Crippen LogP contribution in [0.1, 0.15) is 32.1 Å². The maximum atomic E-state index is 12.6. The number of carbonyl (C=O) groups is 1. The summed E-state index contributed by atoms with van der Waals surface area (Å²) in [6.07, 6.45) is 5.19. The molecule has 1 saturated carbocycles. The van der Waals surface area contributed by atoms with Crippen molar-refractivity contribution < 1.29 is 14.6 Å². The van der Waals surface area contributed by atoms with E-state index in [9.17, 15) is 9.90 Å². The van der Waals surface area contributed by atoms with Crippen molar-refractivity contribution >= 4 is 5.91 Å². The number of ether oxygens (including phenoxy) is 1. The molecule has 104 valence electrons. The normalized spacial score (nSPS) is 34.1. The number of aliphatic hydroxyl groups excluding tert-OH is 1. The van der Waals surface area contributed by atoms with Crippen molar-refractivity contribution in [2.45, 2.75) is 44.2 Å². The molecule has 1 amide bonds. The average Bonchev–Trinajstić information content (AvgIpc) is 2.62. The average molecular weight is 256 g/mol. The van der Waals surface area contributed by atoms with Crippen LogP contribution in [0.4, 0.5) is 0 Å². The Balaban J connectivity index is 2.03. The molecular formula is C13H24N2O3. The Kier molecular flexibility index (Phi) is 4.97.